The first-order chi connectivity index (χ1) is 6.30. The third-order valence-corrected chi connectivity index (χ3v) is 1.87. The maximum Gasteiger partial charge on any atom is 0.180 e. The van der Waals surface area contributed by atoms with E-state index in [-0.39, 0.29) is 5.75 Å². The van der Waals surface area contributed by atoms with Crippen LogP contribution >= 0.6 is 15.9 Å². The zero-order valence-corrected chi connectivity index (χ0v) is 8.31. The Labute approximate surface area is 84.2 Å². The fourth-order valence-corrected chi connectivity index (χ4v) is 0.912. The molecule has 68 valence electrons. The first-order valence-corrected chi connectivity index (χ1v) is 4.35. The van der Waals surface area contributed by atoms with Gasteiger partial charge in [0.15, 0.2) is 6.39 Å². The molecule has 0 amide bonds. The van der Waals surface area contributed by atoms with Crippen LogP contribution in [0.15, 0.2) is 52.0 Å². The molecule has 0 aliphatic carbocycles. The maximum atomic E-state index is 8.87. The molecule has 2 rings (SSSR count). The summed E-state index contributed by atoms with van der Waals surface area (Å²) in [5.74, 6) is 0.285. The van der Waals surface area contributed by atoms with Crippen molar-refractivity contribution in [3.05, 3.63) is 47.6 Å². The highest BCUT2D eigenvalue weighted by Crippen LogP contribution is 2.21. The normalized spacial score (nSPS) is 8.69. The Hall–Kier alpha value is -1.29. The molecule has 0 radical (unpaired) electrons. The molecular formula is C9H8BrNO2. The molecule has 1 N–H and O–H groups in total. The van der Waals surface area contributed by atoms with E-state index in [2.05, 4.69) is 25.3 Å². The summed E-state index contributed by atoms with van der Waals surface area (Å²) in [5, 5.41) is 8.87. The van der Waals surface area contributed by atoms with Crippen molar-refractivity contribution in [3.63, 3.8) is 0 Å². The summed E-state index contributed by atoms with van der Waals surface area (Å²) < 4.78 is 5.21. The van der Waals surface area contributed by atoms with Gasteiger partial charge in [-0.3, -0.25) is 0 Å². The lowest BCUT2D eigenvalue weighted by Crippen LogP contribution is -1.63. The quantitative estimate of drug-likeness (QED) is 0.772. The van der Waals surface area contributed by atoms with Gasteiger partial charge in [0, 0.05) is 0 Å². The molecule has 0 unspecified atom stereocenters. The second kappa shape index (κ2) is 5.37. The van der Waals surface area contributed by atoms with Crippen LogP contribution in [0.25, 0.3) is 0 Å². The summed E-state index contributed by atoms with van der Waals surface area (Å²) in [4.78, 5) is 3.56. The Bertz CT molecular complexity index is 297. The highest BCUT2D eigenvalue weighted by molar-refractivity contribution is 9.10. The number of halogens is 1. The first-order valence-electron chi connectivity index (χ1n) is 3.56. The molecule has 1 aromatic heterocycles. The smallest absolute Gasteiger partial charge is 0.180 e. The van der Waals surface area contributed by atoms with E-state index in [1.54, 1.807) is 24.4 Å². The Morgan fingerprint density at radius 3 is 2.38 bits per heavy atom. The number of oxazole rings is 1. The molecule has 0 aliphatic rings. The lowest BCUT2D eigenvalue weighted by Gasteiger charge is -1.90. The Morgan fingerprint density at radius 1 is 1.31 bits per heavy atom. The second-order valence-electron chi connectivity index (χ2n) is 2.13. The van der Waals surface area contributed by atoms with Gasteiger partial charge in [0.05, 0.1) is 10.7 Å². The second-order valence-corrected chi connectivity index (χ2v) is 2.98. The fourth-order valence-electron chi connectivity index (χ4n) is 0.627. The van der Waals surface area contributed by atoms with Gasteiger partial charge in [-0.1, -0.05) is 12.1 Å². The molecule has 13 heavy (non-hydrogen) atoms. The Kier molecular flexibility index (Phi) is 4.05. The van der Waals surface area contributed by atoms with Gasteiger partial charge < -0.3 is 9.52 Å². The molecule has 0 aliphatic heterocycles. The van der Waals surface area contributed by atoms with Crippen LogP contribution in [0.3, 0.4) is 0 Å². The largest absolute Gasteiger partial charge is 0.507 e. The van der Waals surface area contributed by atoms with Gasteiger partial charge in [-0.2, -0.15) is 0 Å². The third kappa shape index (κ3) is 3.75. The van der Waals surface area contributed by atoms with E-state index in [0.717, 1.165) is 4.47 Å². The summed E-state index contributed by atoms with van der Waals surface area (Å²) in [6.45, 7) is 0. The molecule has 0 bridgehead atoms. The lowest BCUT2D eigenvalue weighted by molar-refractivity contribution is 0.472. The van der Waals surface area contributed by atoms with E-state index in [0.29, 0.717) is 0 Å². The predicted octanol–water partition coefficient (Wildman–Crippen LogP) is 2.83. The van der Waals surface area contributed by atoms with E-state index in [9.17, 15) is 0 Å². The van der Waals surface area contributed by atoms with E-state index in [1.165, 1.54) is 12.7 Å². The van der Waals surface area contributed by atoms with Crippen molar-refractivity contribution in [3.8, 4) is 5.75 Å². The number of hydrogen-bond acceptors (Lipinski definition) is 3. The molecule has 4 heteroatoms. The summed E-state index contributed by atoms with van der Waals surface area (Å²) in [5.41, 5.74) is 0. The minimum Gasteiger partial charge on any atom is -0.507 e. The summed E-state index contributed by atoms with van der Waals surface area (Å²) in [7, 11) is 0. The van der Waals surface area contributed by atoms with Crippen molar-refractivity contribution < 1.29 is 9.52 Å². The minimum absolute atomic E-state index is 0.285. The van der Waals surface area contributed by atoms with Gasteiger partial charge in [-0.25, -0.2) is 4.98 Å². The van der Waals surface area contributed by atoms with Gasteiger partial charge >= 0.3 is 0 Å². The standard InChI is InChI=1S/C6H5BrO.C3H3NO/c7-5-3-1-2-4-6(5)8;1-2-5-3-4-1/h1-4,8H;1-3H. The number of phenolic OH excluding ortho intramolecular Hbond substituents is 1. The summed E-state index contributed by atoms with van der Waals surface area (Å²) in [6, 6.07) is 7.04. The molecule has 1 heterocycles. The zero-order chi connectivity index (χ0) is 9.52. The van der Waals surface area contributed by atoms with E-state index >= 15 is 0 Å². The Morgan fingerprint density at radius 2 is 2.08 bits per heavy atom. The molecule has 0 fully saturated rings. The average Bonchev–Trinajstić information content (AvgIpc) is 2.68. The fraction of sp³-hybridized carbons (Fsp3) is 0. The van der Waals surface area contributed by atoms with Gasteiger partial charge in [-0.15, -0.1) is 0 Å². The van der Waals surface area contributed by atoms with Crippen LogP contribution in [0.2, 0.25) is 0 Å². The van der Waals surface area contributed by atoms with Gasteiger partial charge in [0.1, 0.15) is 12.0 Å². The molecule has 0 spiro atoms. The van der Waals surface area contributed by atoms with Crippen LogP contribution < -0.4 is 0 Å². The zero-order valence-electron chi connectivity index (χ0n) is 6.72. The first kappa shape index (κ1) is 9.80. The van der Waals surface area contributed by atoms with Crippen molar-refractivity contribution in [2.75, 3.05) is 0 Å². The van der Waals surface area contributed by atoms with E-state index < -0.39 is 0 Å². The van der Waals surface area contributed by atoms with Crippen LogP contribution in [0.4, 0.5) is 0 Å². The van der Waals surface area contributed by atoms with Gasteiger partial charge in [0.2, 0.25) is 0 Å². The average molecular weight is 242 g/mol. The van der Waals surface area contributed by atoms with E-state index in [1.807, 2.05) is 6.07 Å². The predicted molar refractivity (Wildman–Crippen MR) is 52.3 cm³/mol. The van der Waals surface area contributed by atoms with Crippen LogP contribution in [0.1, 0.15) is 0 Å². The number of rotatable bonds is 0. The lowest BCUT2D eigenvalue weighted by atomic mass is 10.3. The van der Waals surface area contributed by atoms with Crippen molar-refractivity contribution in [2.24, 2.45) is 0 Å². The topological polar surface area (TPSA) is 46.3 Å². The van der Waals surface area contributed by atoms with Gasteiger partial charge in [-0.05, 0) is 28.1 Å². The molecule has 1 aromatic carbocycles. The van der Waals surface area contributed by atoms with Crippen LogP contribution in [0, 0.1) is 0 Å². The molecule has 0 saturated carbocycles. The molecule has 3 nitrogen and oxygen atoms in total. The van der Waals surface area contributed by atoms with Crippen LogP contribution in [-0.4, -0.2) is 10.1 Å². The van der Waals surface area contributed by atoms with Crippen molar-refractivity contribution >= 4 is 15.9 Å². The number of hydrogen-bond donors (Lipinski definition) is 1. The number of nitrogens with zero attached hydrogens (tertiary/aromatic N) is 1. The number of phenols is 1. The highest BCUT2D eigenvalue weighted by Gasteiger charge is 1.89. The number of benzene rings is 1. The summed E-state index contributed by atoms with van der Waals surface area (Å²) >= 11 is 3.15. The third-order valence-electron chi connectivity index (χ3n) is 1.20. The highest BCUT2D eigenvalue weighted by atomic mass is 79.9. The summed E-state index contributed by atoms with van der Waals surface area (Å²) in [6.07, 6.45) is 4.47. The van der Waals surface area contributed by atoms with E-state index in [4.69, 9.17) is 5.11 Å². The van der Waals surface area contributed by atoms with Gasteiger partial charge in [0.25, 0.3) is 0 Å². The Balaban J connectivity index is 0.000000145. The number of aromatic nitrogens is 1. The van der Waals surface area contributed by atoms with Crippen molar-refractivity contribution in [1.29, 1.82) is 0 Å². The van der Waals surface area contributed by atoms with Crippen LogP contribution in [0.5, 0.6) is 5.75 Å². The monoisotopic (exact) mass is 241 g/mol. The number of para-hydroxylation sites is 1. The SMILES string of the molecule is Oc1ccccc1Br.c1cocn1. The molecular weight excluding hydrogens is 234 g/mol. The maximum absolute atomic E-state index is 8.87. The van der Waals surface area contributed by atoms with Crippen LogP contribution in [-0.2, 0) is 0 Å². The molecule has 2 aromatic rings. The molecule has 0 atom stereocenters. The number of aromatic hydroxyl groups is 1. The van der Waals surface area contributed by atoms with Crippen molar-refractivity contribution in [2.45, 2.75) is 0 Å². The minimum atomic E-state index is 0.285. The molecule has 0 saturated heterocycles. The van der Waals surface area contributed by atoms with Crippen molar-refractivity contribution in [1.82, 2.24) is 4.98 Å².